The first-order valence-electron chi connectivity index (χ1n) is 12.7. The van der Waals surface area contributed by atoms with Crippen LogP contribution in [0.15, 0.2) is 11.1 Å². The molecule has 0 spiro atoms. The molecule has 162 valence electrons. The van der Waals surface area contributed by atoms with Gasteiger partial charge in [0.25, 0.3) is 0 Å². The van der Waals surface area contributed by atoms with Crippen molar-refractivity contribution in [2.75, 3.05) is 13.2 Å². The predicted molar refractivity (Wildman–Crippen MR) is 115 cm³/mol. The minimum Gasteiger partial charge on any atom is -0.353 e. The number of hydrogen-bond donors (Lipinski definition) is 0. The summed E-state index contributed by atoms with van der Waals surface area (Å²) in [6.07, 6.45) is 20.1. The van der Waals surface area contributed by atoms with Gasteiger partial charge < -0.3 is 9.47 Å². The molecule has 0 aromatic rings. The largest absolute Gasteiger partial charge is 0.353 e. The van der Waals surface area contributed by atoms with Crippen molar-refractivity contribution in [3.8, 4) is 0 Å². The van der Waals surface area contributed by atoms with Crippen molar-refractivity contribution in [3.05, 3.63) is 11.1 Å². The summed E-state index contributed by atoms with van der Waals surface area (Å²) in [6, 6.07) is 0. The molecule has 3 heteroatoms. The Hall–Kier alpha value is -0.670. The summed E-state index contributed by atoms with van der Waals surface area (Å²) in [5, 5.41) is 0. The van der Waals surface area contributed by atoms with Crippen molar-refractivity contribution >= 4 is 5.78 Å². The molecular weight excluding hydrogens is 360 g/mol. The Kier molecular flexibility index (Phi) is 6.16. The number of Topliss-reactive ketones (excluding diaryl/α,β-unsaturated/α-hetero) is 1. The van der Waals surface area contributed by atoms with Gasteiger partial charge in [0.2, 0.25) is 0 Å². The molecule has 0 N–H and O–H groups in total. The maximum absolute atomic E-state index is 11.9. The molecule has 1 saturated heterocycles. The SMILES string of the molecule is O=C1CCC2=C3CC[C@]4(CCCCOC5CCCCO5)CCC[C@H]4[C@@H]3CCC2C1. The highest BCUT2D eigenvalue weighted by Crippen LogP contribution is 2.62. The van der Waals surface area contributed by atoms with E-state index in [1.165, 1.54) is 77.0 Å². The topological polar surface area (TPSA) is 35.5 Å². The van der Waals surface area contributed by atoms with Crippen LogP contribution in [0.5, 0.6) is 0 Å². The monoisotopic (exact) mass is 400 g/mol. The zero-order chi connectivity index (χ0) is 19.7. The molecule has 3 saturated carbocycles. The van der Waals surface area contributed by atoms with E-state index >= 15 is 0 Å². The third-order valence-electron chi connectivity index (χ3n) is 9.19. The molecule has 1 heterocycles. The van der Waals surface area contributed by atoms with E-state index in [1.807, 2.05) is 5.57 Å². The van der Waals surface area contributed by atoms with E-state index < -0.39 is 0 Å². The lowest BCUT2D eigenvalue weighted by atomic mass is 9.55. The van der Waals surface area contributed by atoms with Crippen molar-refractivity contribution in [3.63, 3.8) is 0 Å². The summed E-state index contributed by atoms with van der Waals surface area (Å²) in [6.45, 7) is 1.75. The van der Waals surface area contributed by atoms with E-state index in [2.05, 4.69) is 0 Å². The van der Waals surface area contributed by atoms with Crippen molar-refractivity contribution in [2.45, 2.75) is 109 Å². The first kappa shape index (κ1) is 20.2. The van der Waals surface area contributed by atoms with Crippen molar-refractivity contribution in [2.24, 2.45) is 23.2 Å². The van der Waals surface area contributed by atoms with Crippen LogP contribution in [0.25, 0.3) is 0 Å². The highest BCUT2D eigenvalue weighted by Gasteiger charge is 2.51. The number of carbonyl (C=O) groups excluding carboxylic acids is 1. The Labute approximate surface area is 177 Å². The highest BCUT2D eigenvalue weighted by atomic mass is 16.7. The van der Waals surface area contributed by atoms with Crippen LogP contribution in [0.3, 0.4) is 0 Å². The number of unbranched alkanes of at least 4 members (excludes halogenated alkanes) is 1. The average molecular weight is 401 g/mol. The molecule has 0 bridgehead atoms. The maximum Gasteiger partial charge on any atom is 0.157 e. The smallest absolute Gasteiger partial charge is 0.157 e. The van der Waals surface area contributed by atoms with Gasteiger partial charge in [-0.25, -0.2) is 0 Å². The van der Waals surface area contributed by atoms with Gasteiger partial charge in [-0.15, -0.1) is 0 Å². The standard InChI is InChI=1S/C26H40O3/c27-20-9-11-21-19(18-20)8-10-23-22(21)12-15-26(14-5-6-24(23)26)13-2-4-17-29-25-7-1-3-16-28-25/h19,23-25H,1-18H2/t19?,23-,24+,25?,26+/m1/s1. The summed E-state index contributed by atoms with van der Waals surface area (Å²) in [4.78, 5) is 11.9. The molecule has 5 aliphatic rings. The zero-order valence-electron chi connectivity index (χ0n) is 18.3. The lowest BCUT2D eigenvalue weighted by Gasteiger charge is -2.50. The fourth-order valence-corrected chi connectivity index (χ4v) is 7.82. The van der Waals surface area contributed by atoms with E-state index in [1.54, 1.807) is 5.57 Å². The van der Waals surface area contributed by atoms with E-state index in [0.717, 1.165) is 50.7 Å². The van der Waals surface area contributed by atoms with Crippen LogP contribution in [-0.4, -0.2) is 25.3 Å². The number of rotatable bonds is 6. The van der Waals surface area contributed by atoms with E-state index in [9.17, 15) is 4.79 Å². The van der Waals surface area contributed by atoms with Gasteiger partial charge >= 0.3 is 0 Å². The number of ether oxygens (including phenoxy) is 2. The normalized spacial score (nSPS) is 39.8. The molecule has 0 aromatic heterocycles. The number of allylic oxidation sites excluding steroid dienone is 2. The van der Waals surface area contributed by atoms with Gasteiger partial charge in [0.1, 0.15) is 5.78 Å². The third-order valence-corrected chi connectivity index (χ3v) is 9.19. The van der Waals surface area contributed by atoms with Gasteiger partial charge in [-0.1, -0.05) is 24.0 Å². The van der Waals surface area contributed by atoms with Crippen molar-refractivity contribution in [1.29, 1.82) is 0 Å². The molecule has 0 radical (unpaired) electrons. The quantitative estimate of drug-likeness (QED) is 0.384. The number of ketones is 1. The van der Waals surface area contributed by atoms with Gasteiger partial charge in [-0.2, -0.15) is 0 Å². The van der Waals surface area contributed by atoms with Crippen molar-refractivity contribution in [1.82, 2.24) is 0 Å². The Morgan fingerprint density at radius 2 is 1.90 bits per heavy atom. The second-order valence-corrected chi connectivity index (χ2v) is 10.7. The maximum atomic E-state index is 11.9. The van der Waals surface area contributed by atoms with E-state index in [4.69, 9.17) is 9.47 Å². The lowest BCUT2D eigenvalue weighted by molar-refractivity contribution is -0.163. The molecule has 4 fully saturated rings. The van der Waals surface area contributed by atoms with Gasteiger partial charge in [0, 0.05) is 26.1 Å². The third kappa shape index (κ3) is 4.11. The Morgan fingerprint density at radius 3 is 2.79 bits per heavy atom. The summed E-state index contributed by atoms with van der Waals surface area (Å²) in [7, 11) is 0. The Morgan fingerprint density at radius 1 is 0.931 bits per heavy atom. The number of fused-ring (bicyclic) bond motifs is 4. The van der Waals surface area contributed by atoms with Crippen LogP contribution >= 0.6 is 0 Å². The lowest BCUT2D eigenvalue weighted by Crippen LogP contribution is -2.40. The molecule has 0 amide bonds. The first-order chi connectivity index (χ1) is 14.3. The molecule has 29 heavy (non-hydrogen) atoms. The van der Waals surface area contributed by atoms with Gasteiger partial charge in [-0.3, -0.25) is 4.79 Å². The average Bonchev–Trinajstić information content (AvgIpc) is 3.18. The molecule has 3 nitrogen and oxygen atoms in total. The Bertz CT molecular complexity index is 632. The summed E-state index contributed by atoms with van der Waals surface area (Å²) >= 11 is 0. The molecule has 5 atom stereocenters. The highest BCUT2D eigenvalue weighted by molar-refractivity contribution is 5.80. The fourth-order valence-electron chi connectivity index (χ4n) is 7.82. The van der Waals surface area contributed by atoms with Crippen LogP contribution in [0, 0.1) is 23.2 Å². The fraction of sp³-hybridized carbons (Fsp3) is 0.885. The van der Waals surface area contributed by atoms with E-state index in [-0.39, 0.29) is 6.29 Å². The molecule has 4 aliphatic carbocycles. The number of hydrogen-bond acceptors (Lipinski definition) is 3. The minimum atomic E-state index is 0.0718. The second-order valence-electron chi connectivity index (χ2n) is 10.7. The van der Waals surface area contributed by atoms with Gasteiger partial charge in [0.05, 0.1) is 0 Å². The zero-order valence-corrected chi connectivity index (χ0v) is 18.3. The molecule has 2 unspecified atom stereocenters. The van der Waals surface area contributed by atoms with Gasteiger partial charge in [-0.05, 0) is 100 Å². The summed E-state index contributed by atoms with van der Waals surface area (Å²) in [5.74, 6) is 2.93. The molecule has 1 aliphatic heterocycles. The molecular formula is C26H40O3. The summed E-state index contributed by atoms with van der Waals surface area (Å²) in [5.41, 5.74) is 4.21. The first-order valence-corrected chi connectivity index (χ1v) is 12.7. The molecule has 0 aromatic carbocycles. The van der Waals surface area contributed by atoms with Crippen LogP contribution < -0.4 is 0 Å². The number of carbonyl (C=O) groups is 1. The van der Waals surface area contributed by atoms with Crippen LogP contribution in [0.2, 0.25) is 0 Å². The van der Waals surface area contributed by atoms with Gasteiger partial charge in [0.15, 0.2) is 6.29 Å². The molecule has 5 rings (SSSR count). The predicted octanol–water partition coefficient (Wildman–Crippen LogP) is 6.36. The second kappa shape index (κ2) is 8.83. The van der Waals surface area contributed by atoms with Crippen LogP contribution in [0.1, 0.15) is 103 Å². The summed E-state index contributed by atoms with van der Waals surface area (Å²) < 4.78 is 11.7. The van der Waals surface area contributed by atoms with Crippen LogP contribution in [-0.2, 0) is 14.3 Å². The Balaban J connectivity index is 1.17. The van der Waals surface area contributed by atoms with E-state index in [0.29, 0.717) is 17.1 Å². The van der Waals surface area contributed by atoms with Crippen molar-refractivity contribution < 1.29 is 14.3 Å². The minimum absolute atomic E-state index is 0.0718. The van der Waals surface area contributed by atoms with Crippen LogP contribution in [0.4, 0.5) is 0 Å².